The number of nitrogens with zero attached hydrogens (tertiary/aromatic N) is 16. The van der Waals surface area contributed by atoms with Gasteiger partial charge in [0.05, 0.1) is 117 Å². The Morgan fingerprint density at radius 3 is 1.12 bits per heavy atom. The Morgan fingerprint density at radius 2 is 0.794 bits per heavy atom. The Hall–Kier alpha value is -10.5. The van der Waals surface area contributed by atoms with Crippen LogP contribution in [0.5, 0.6) is 0 Å². The first-order valence-electron chi connectivity index (χ1n) is 46.8. The molecule has 3 fully saturated rings. The van der Waals surface area contributed by atoms with Gasteiger partial charge in [-0.05, 0) is 262 Å². The van der Waals surface area contributed by atoms with Crippen molar-refractivity contribution < 1.29 is 47.5 Å². The van der Waals surface area contributed by atoms with Crippen molar-refractivity contribution in [2.75, 3.05) is 46.1 Å². The summed E-state index contributed by atoms with van der Waals surface area (Å²) in [6.07, 6.45) is 17.2. The summed E-state index contributed by atoms with van der Waals surface area (Å²) in [7, 11) is 5.77. The van der Waals surface area contributed by atoms with Gasteiger partial charge in [-0.1, -0.05) is 96.5 Å². The second-order valence-corrected chi connectivity index (χ2v) is 42.5. The Labute approximate surface area is 818 Å². The zero-order valence-electron chi connectivity index (χ0n) is 80.3. The lowest BCUT2D eigenvalue weighted by Crippen LogP contribution is -2.51. The third-order valence-corrected chi connectivity index (χ3v) is 28.9. The Kier molecular flexibility index (Phi) is 28.9. The minimum Gasteiger partial charge on any atom is -0.464 e. The van der Waals surface area contributed by atoms with Crippen molar-refractivity contribution in [3.05, 3.63) is 181 Å². The first kappa shape index (κ1) is 97.1. The van der Waals surface area contributed by atoms with Crippen LogP contribution in [-0.2, 0) is 68.7 Å². The van der Waals surface area contributed by atoms with E-state index in [0.717, 1.165) is 234 Å². The second-order valence-electron chi connectivity index (χ2n) is 38.2. The molecule has 4 aliphatic rings. The molecular formula is C104H115Cl3N16O10S3. The van der Waals surface area contributed by atoms with Crippen LogP contribution in [0.25, 0.3) is 135 Å². The van der Waals surface area contributed by atoms with Crippen LogP contribution in [0, 0.1) is 20.8 Å². The molecule has 0 amide bonds. The van der Waals surface area contributed by atoms with Crippen molar-refractivity contribution in [1.82, 2.24) is 79.1 Å². The van der Waals surface area contributed by atoms with Crippen molar-refractivity contribution in [3.63, 3.8) is 0 Å². The molecule has 2 aliphatic heterocycles. The number of halogens is 3. The van der Waals surface area contributed by atoms with Crippen molar-refractivity contribution in [3.8, 4) is 65.5 Å². The minimum absolute atomic E-state index is 0.247. The van der Waals surface area contributed by atoms with Gasteiger partial charge in [-0.25, -0.2) is 73.3 Å². The Morgan fingerprint density at radius 1 is 0.449 bits per heavy atom. The predicted octanol–water partition coefficient (Wildman–Crippen LogP) is 24.6. The molecule has 15 aromatic rings. The Bertz CT molecular complexity index is 7030. The van der Waals surface area contributed by atoms with Gasteiger partial charge in [-0.15, -0.1) is 34.0 Å². The molecule has 19 rings (SSSR count). The highest BCUT2D eigenvalue weighted by Crippen LogP contribution is 2.51. The van der Waals surface area contributed by atoms with Gasteiger partial charge in [0.2, 0.25) is 0 Å². The number of aromatic nitrogens is 15. The normalized spacial score (nSPS) is 15.8. The highest BCUT2D eigenvalue weighted by molar-refractivity contribution is 7.23. The van der Waals surface area contributed by atoms with Crippen LogP contribution in [0.2, 0.25) is 15.1 Å². The summed E-state index contributed by atoms with van der Waals surface area (Å²) in [6.45, 7) is 33.3. The molecule has 26 nitrogen and oxygen atoms in total. The number of esters is 3. The fraction of sp³-hybridized carbons (Fsp3) is 0.433. The number of ether oxygens (including phenoxy) is 7. The molecule has 0 radical (unpaired) electrons. The first-order valence-corrected chi connectivity index (χ1v) is 50.4. The van der Waals surface area contributed by atoms with Gasteiger partial charge < -0.3 is 33.2 Å². The van der Waals surface area contributed by atoms with Gasteiger partial charge in [0, 0.05) is 81.4 Å². The molecule has 11 heterocycles. The van der Waals surface area contributed by atoms with Gasteiger partial charge in [-0.3, -0.25) is 4.90 Å². The summed E-state index contributed by atoms with van der Waals surface area (Å²) in [5, 5.41) is 18.7. The van der Waals surface area contributed by atoms with E-state index < -0.39 is 53.0 Å². The van der Waals surface area contributed by atoms with Gasteiger partial charge in [0.25, 0.3) is 0 Å². The zero-order chi connectivity index (χ0) is 96.1. The topological polar surface area (TPSA) is 289 Å². The second kappa shape index (κ2) is 40.5. The number of fused-ring (bicyclic) bond motifs is 6. The van der Waals surface area contributed by atoms with E-state index in [2.05, 4.69) is 11.0 Å². The highest BCUT2D eigenvalue weighted by atomic mass is 35.5. The molecule has 0 unspecified atom stereocenters. The monoisotopic (exact) mass is 1950 g/mol. The maximum Gasteiger partial charge on any atom is 0.339 e. The maximum atomic E-state index is 13.5. The number of likely N-dealkylation sites (tertiary alicyclic amines) is 1. The van der Waals surface area contributed by atoms with E-state index in [1.807, 2.05) is 205 Å². The Balaban J connectivity index is 0.000000142. The minimum atomic E-state index is -0.942. The van der Waals surface area contributed by atoms with Crippen LogP contribution in [-0.4, -0.2) is 166 Å². The zero-order valence-corrected chi connectivity index (χ0v) is 85.0. The van der Waals surface area contributed by atoms with Gasteiger partial charge in [0.1, 0.15) is 54.3 Å². The number of thiazole rings is 3. The van der Waals surface area contributed by atoms with Gasteiger partial charge in [0.15, 0.2) is 35.3 Å². The van der Waals surface area contributed by atoms with Crippen LogP contribution in [0.15, 0.2) is 116 Å². The molecule has 710 valence electrons. The number of carbonyl (C=O) groups excluding carboxylic acids is 3. The van der Waals surface area contributed by atoms with Crippen molar-refractivity contribution in [2.45, 2.75) is 227 Å². The van der Waals surface area contributed by atoms with Crippen LogP contribution in [0.1, 0.15) is 234 Å². The van der Waals surface area contributed by atoms with E-state index in [-0.39, 0.29) is 19.8 Å². The standard InChI is InChI=1S/C36H41ClN6O4S.C34H38ClN5O3S.C34H36ClN5O3S/c1-7-46-35(44)31(47-36(3,4)5)27-20(2)16-25-32(28(27)21-8-10-23(37)11-9-21)48-34(40-25)26-17-38-33-30(39-26)29(41-42(33)6)22-12-14-43(15-13-22)24-18-45-19-24;2*1-7-42-33(41)29(43-34(3,4)5)25-19(2)17-23-30(26(25)20-13-15-22(35)16-14-20)44-32(38-23)24-18-36-31-28(37-24)27(39-40(31)6)21-11-9-8-10-12-21/h8-11,16-17,22,24,31H,7,12-15,18-19H2,1-6H3;13-18,21,29H,7-12H2,1-6H3;11,13-18,29H,7-10,12H2,1-6H3/t31-;2*29-/m000/s1. The molecule has 0 N–H and O–H groups in total. The summed E-state index contributed by atoms with van der Waals surface area (Å²) in [6, 6.07) is 29.5. The molecule has 136 heavy (non-hydrogen) atoms. The summed E-state index contributed by atoms with van der Waals surface area (Å²) in [5.41, 5.74) is 21.9. The number of hydrogen-bond acceptors (Lipinski definition) is 26. The van der Waals surface area contributed by atoms with Crippen molar-refractivity contribution >= 4 is 156 Å². The van der Waals surface area contributed by atoms with E-state index in [9.17, 15) is 14.4 Å². The summed E-state index contributed by atoms with van der Waals surface area (Å²) < 4.78 is 49.6. The van der Waals surface area contributed by atoms with Crippen molar-refractivity contribution in [2.24, 2.45) is 21.1 Å². The van der Waals surface area contributed by atoms with Crippen LogP contribution in [0.3, 0.4) is 0 Å². The summed E-state index contributed by atoms with van der Waals surface area (Å²) >= 11 is 23.5. The number of carbonyl (C=O) groups is 3. The lowest BCUT2D eigenvalue weighted by molar-refractivity contribution is -0.167. The largest absolute Gasteiger partial charge is 0.464 e. The molecule has 9 aromatic heterocycles. The van der Waals surface area contributed by atoms with E-state index in [4.69, 9.17) is 128 Å². The van der Waals surface area contributed by atoms with Crippen molar-refractivity contribution in [1.29, 1.82) is 0 Å². The number of aryl methyl sites for hydroxylation is 6. The lowest BCUT2D eigenvalue weighted by Gasteiger charge is -2.41. The SMILES string of the molecule is CCOC(=O)[C@@H](OC(C)(C)C)c1c(C)cc2nc(-c3cnc4c(n3)c(C3=CCCCC3)nn4C)sc2c1-c1ccc(Cl)cc1.CCOC(=O)[C@@H](OC(C)(C)C)c1c(C)cc2nc(-c3cnc4c(n3)c(C3CCCCC3)nn4C)sc2c1-c1ccc(Cl)cc1.CCOC(=O)[C@@H](OC(C)(C)C)c1c(C)cc2nc(-c3cnc4c(n3)c(C3CCN(C5COC5)CC3)nn4C)sc2c1-c1ccc(Cl)cc1. The van der Waals surface area contributed by atoms with E-state index in [0.29, 0.717) is 50.0 Å². The smallest absolute Gasteiger partial charge is 0.339 e. The fourth-order valence-corrected chi connectivity index (χ4v) is 22.3. The molecule has 3 atom stereocenters. The molecule has 2 saturated heterocycles. The molecule has 6 aromatic carbocycles. The molecule has 32 heteroatoms. The summed E-state index contributed by atoms with van der Waals surface area (Å²) in [5.74, 6) is -0.566. The lowest BCUT2D eigenvalue weighted by atomic mass is 9.87. The van der Waals surface area contributed by atoms with E-state index in [1.54, 1.807) is 44.0 Å². The molecular weight excluding hydrogens is 1840 g/mol. The summed E-state index contributed by atoms with van der Waals surface area (Å²) in [4.78, 5) is 87.9. The fourth-order valence-electron chi connectivity index (χ4n) is 18.7. The third kappa shape index (κ3) is 20.8. The molecule has 0 spiro atoms. The number of piperidine rings is 1. The highest BCUT2D eigenvalue weighted by Gasteiger charge is 2.40. The van der Waals surface area contributed by atoms with Crippen LogP contribution >= 0.6 is 68.8 Å². The van der Waals surface area contributed by atoms with Crippen LogP contribution in [0.4, 0.5) is 0 Å². The van der Waals surface area contributed by atoms with Crippen LogP contribution < -0.4 is 0 Å². The molecule has 2 aliphatic carbocycles. The number of allylic oxidation sites excluding steroid dienone is 2. The quantitative estimate of drug-likeness (QED) is 0.0450. The van der Waals surface area contributed by atoms with Gasteiger partial charge in [-0.2, -0.15) is 15.3 Å². The number of hydrogen-bond donors (Lipinski definition) is 0. The van der Waals surface area contributed by atoms with E-state index >= 15 is 0 Å². The number of rotatable bonds is 22. The first-order chi connectivity index (χ1) is 65.1. The predicted molar refractivity (Wildman–Crippen MR) is 541 cm³/mol. The maximum absolute atomic E-state index is 13.5. The average Bonchev–Trinajstić information content (AvgIpc) is 1.59. The average molecular weight is 1950 g/mol. The number of benzene rings is 6. The molecule has 1 saturated carbocycles. The molecule has 0 bridgehead atoms. The third-order valence-electron chi connectivity index (χ3n) is 24.8. The van der Waals surface area contributed by atoms with Gasteiger partial charge >= 0.3 is 17.9 Å². The van der Waals surface area contributed by atoms with E-state index in [1.165, 1.54) is 65.3 Å².